The van der Waals surface area contributed by atoms with Crippen molar-refractivity contribution < 1.29 is 9.53 Å². The third-order valence-electron chi connectivity index (χ3n) is 6.00. The molecule has 2 aliphatic rings. The molecule has 0 saturated carbocycles. The van der Waals surface area contributed by atoms with Crippen LogP contribution in [0, 0.1) is 5.92 Å². The molecule has 1 aromatic carbocycles. The normalized spacial score (nSPS) is 20.1. The number of aromatic nitrogens is 1. The molecule has 5 heteroatoms. The van der Waals surface area contributed by atoms with Gasteiger partial charge in [-0.25, -0.2) is 0 Å². The van der Waals surface area contributed by atoms with E-state index in [-0.39, 0.29) is 12.0 Å². The Morgan fingerprint density at radius 3 is 2.80 bits per heavy atom. The van der Waals surface area contributed by atoms with E-state index in [0.717, 1.165) is 43.2 Å². The maximum atomic E-state index is 12.5. The summed E-state index contributed by atoms with van der Waals surface area (Å²) in [5.41, 5.74) is 1.61. The van der Waals surface area contributed by atoms with Gasteiger partial charge >= 0.3 is 0 Å². The summed E-state index contributed by atoms with van der Waals surface area (Å²) in [6, 6.07) is 11.3. The number of benzene rings is 1. The van der Waals surface area contributed by atoms with Crippen LogP contribution in [-0.4, -0.2) is 41.5 Å². The zero-order valence-electron chi connectivity index (χ0n) is 17.5. The Bertz CT molecular complexity index is 844. The summed E-state index contributed by atoms with van der Waals surface area (Å²) in [5, 5.41) is 2.94. The van der Waals surface area contributed by atoms with Crippen molar-refractivity contribution in [3.63, 3.8) is 0 Å². The van der Waals surface area contributed by atoms with Gasteiger partial charge in [0, 0.05) is 44.1 Å². The molecular weight excluding hydrogens is 374 g/mol. The van der Waals surface area contributed by atoms with Gasteiger partial charge in [-0.05, 0) is 67.9 Å². The molecule has 1 amide bonds. The van der Waals surface area contributed by atoms with Crippen molar-refractivity contribution in [2.24, 2.45) is 5.92 Å². The Kier molecular flexibility index (Phi) is 7.14. The maximum Gasteiger partial charge on any atom is 0.251 e. The SMILES string of the molecule is O=C(NCc1cccnc1)c1cccc(OC2CCN(CC3CC=CCC3)CC2)c1. The fourth-order valence-electron chi connectivity index (χ4n) is 4.29. The van der Waals surface area contributed by atoms with Gasteiger partial charge in [-0.2, -0.15) is 0 Å². The number of amides is 1. The van der Waals surface area contributed by atoms with Crippen LogP contribution in [0.1, 0.15) is 48.0 Å². The maximum absolute atomic E-state index is 12.5. The number of pyridine rings is 1. The molecule has 30 heavy (non-hydrogen) atoms. The van der Waals surface area contributed by atoms with Crippen LogP contribution in [0.2, 0.25) is 0 Å². The minimum atomic E-state index is -0.0966. The molecule has 0 radical (unpaired) electrons. The zero-order chi connectivity index (χ0) is 20.6. The van der Waals surface area contributed by atoms with Crippen LogP contribution >= 0.6 is 0 Å². The van der Waals surface area contributed by atoms with Crippen LogP contribution in [0.15, 0.2) is 60.9 Å². The largest absolute Gasteiger partial charge is 0.490 e. The monoisotopic (exact) mass is 405 g/mol. The minimum Gasteiger partial charge on any atom is -0.490 e. The zero-order valence-corrected chi connectivity index (χ0v) is 17.5. The molecule has 1 atom stereocenters. The van der Waals surface area contributed by atoms with E-state index in [1.165, 1.54) is 25.8 Å². The first-order chi connectivity index (χ1) is 14.8. The predicted molar refractivity (Wildman–Crippen MR) is 118 cm³/mol. The van der Waals surface area contributed by atoms with Gasteiger partial charge in [-0.3, -0.25) is 9.78 Å². The summed E-state index contributed by atoms with van der Waals surface area (Å²) >= 11 is 0. The van der Waals surface area contributed by atoms with Gasteiger partial charge in [-0.15, -0.1) is 0 Å². The summed E-state index contributed by atoms with van der Waals surface area (Å²) in [6.07, 6.45) is 14.2. The first-order valence-corrected chi connectivity index (χ1v) is 11.1. The molecule has 5 nitrogen and oxygen atoms in total. The number of ether oxygens (including phenoxy) is 1. The van der Waals surface area contributed by atoms with E-state index in [1.807, 2.05) is 36.4 Å². The first kappa shape index (κ1) is 20.6. The predicted octanol–water partition coefficient (Wildman–Crippen LogP) is 4.21. The van der Waals surface area contributed by atoms with E-state index in [9.17, 15) is 4.79 Å². The van der Waals surface area contributed by atoms with Crippen LogP contribution in [-0.2, 0) is 6.54 Å². The Morgan fingerprint density at radius 1 is 1.13 bits per heavy atom. The van der Waals surface area contributed by atoms with Crippen molar-refractivity contribution in [1.82, 2.24) is 15.2 Å². The molecule has 4 rings (SSSR count). The number of hydrogen-bond acceptors (Lipinski definition) is 4. The smallest absolute Gasteiger partial charge is 0.251 e. The van der Waals surface area contributed by atoms with Gasteiger partial charge < -0.3 is 15.0 Å². The average molecular weight is 406 g/mol. The van der Waals surface area contributed by atoms with E-state index in [0.29, 0.717) is 12.1 Å². The standard InChI is InChI=1S/C25H31N3O2/c29-25(27-18-21-8-5-13-26-17-21)22-9-4-10-24(16-22)30-23-11-14-28(15-12-23)19-20-6-2-1-3-7-20/h1-2,4-5,8-10,13,16-17,20,23H,3,6-7,11-12,14-15,18-19H2,(H,27,29). The molecule has 2 aromatic rings. The fourth-order valence-corrected chi connectivity index (χ4v) is 4.29. The summed E-state index contributed by atoms with van der Waals surface area (Å²) in [4.78, 5) is 19.2. The number of nitrogens with one attached hydrogen (secondary N) is 1. The highest BCUT2D eigenvalue weighted by Gasteiger charge is 2.23. The first-order valence-electron chi connectivity index (χ1n) is 11.1. The number of hydrogen-bond donors (Lipinski definition) is 1. The summed E-state index contributed by atoms with van der Waals surface area (Å²) in [7, 11) is 0. The number of carbonyl (C=O) groups is 1. The summed E-state index contributed by atoms with van der Waals surface area (Å²) < 4.78 is 6.22. The Hall–Kier alpha value is -2.66. The molecule has 158 valence electrons. The lowest BCUT2D eigenvalue weighted by atomic mass is 9.93. The summed E-state index contributed by atoms with van der Waals surface area (Å²) in [5.74, 6) is 1.50. The van der Waals surface area contributed by atoms with Crippen LogP contribution in [0.25, 0.3) is 0 Å². The molecule has 1 N–H and O–H groups in total. The quantitative estimate of drug-likeness (QED) is 0.701. The van der Waals surface area contributed by atoms with E-state index < -0.39 is 0 Å². The molecule has 1 aliphatic heterocycles. The van der Waals surface area contributed by atoms with Crippen molar-refractivity contribution in [2.45, 2.75) is 44.8 Å². The molecule has 2 heterocycles. The molecule has 0 spiro atoms. The molecular formula is C25H31N3O2. The molecule has 1 unspecified atom stereocenters. The van der Waals surface area contributed by atoms with Crippen LogP contribution in [0.4, 0.5) is 0 Å². The van der Waals surface area contributed by atoms with Crippen LogP contribution < -0.4 is 10.1 Å². The second-order valence-corrected chi connectivity index (χ2v) is 8.34. The van der Waals surface area contributed by atoms with Crippen molar-refractivity contribution >= 4 is 5.91 Å². The fraction of sp³-hybridized carbons (Fsp3) is 0.440. The second kappa shape index (κ2) is 10.4. The number of nitrogens with zero attached hydrogens (tertiary/aromatic N) is 2. The van der Waals surface area contributed by atoms with Crippen molar-refractivity contribution in [2.75, 3.05) is 19.6 Å². The van der Waals surface area contributed by atoms with E-state index >= 15 is 0 Å². The van der Waals surface area contributed by atoms with Crippen LogP contribution in [0.3, 0.4) is 0 Å². The van der Waals surface area contributed by atoms with Gasteiger partial charge in [0.25, 0.3) is 5.91 Å². The highest BCUT2D eigenvalue weighted by atomic mass is 16.5. The van der Waals surface area contributed by atoms with Crippen molar-refractivity contribution in [3.8, 4) is 5.75 Å². The lowest BCUT2D eigenvalue weighted by molar-refractivity contribution is 0.0892. The van der Waals surface area contributed by atoms with E-state index in [1.54, 1.807) is 12.4 Å². The Morgan fingerprint density at radius 2 is 2.03 bits per heavy atom. The van der Waals surface area contributed by atoms with E-state index in [2.05, 4.69) is 27.4 Å². The molecule has 1 saturated heterocycles. The third-order valence-corrected chi connectivity index (χ3v) is 6.00. The number of allylic oxidation sites excluding steroid dienone is 2. The highest BCUT2D eigenvalue weighted by molar-refractivity contribution is 5.94. The second-order valence-electron chi connectivity index (χ2n) is 8.34. The Balaban J connectivity index is 1.24. The van der Waals surface area contributed by atoms with Crippen molar-refractivity contribution in [3.05, 3.63) is 72.1 Å². The molecule has 0 bridgehead atoms. The van der Waals surface area contributed by atoms with Crippen molar-refractivity contribution in [1.29, 1.82) is 0 Å². The van der Waals surface area contributed by atoms with Gasteiger partial charge in [-0.1, -0.05) is 24.3 Å². The van der Waals surface area contributed by atoms with Gasteiger partial charge in [0.05, 0.1) is 0 Å². The lowest BCUT2D eigenvalue weighted by Gasteiger charge is -2.34. The summed E-state index contributed by atoms with van der Waals surface area (Å²) in [6.45, 7) is 3.86. The highest BCUT2D eigenvalue weighted by Crippen LogP contribution is 2.24. The van der Waals surface area contributed by atoms with Gasteiger partial charge in [0.15, 0.2) is 0 Å². The van der Waals surface area contributed by atoms with Gasteiger partial charge in [0.2, 0.25) is 0 Å². The average Bonchev–Trinajstić information content (AvgIpc) is 2.80. The topological polar surface area (TPSA) is 54.5 Å². The minimum absolute atomic E-state index is 0.0966. The molecule has 1 aromatic heterocycles. The molecule has 1 aliphatic carbocycles. The molecule has 1 fully saturated rings. The number of likely N-dealkylation sites (tertiary alicyclic amines) is 1. The number of piperidine rings is 1. The number of carbonyl (C=O) groups excluding carboxylic acids is 1. The van der Waals surface area contributed by atoms with Crippen LogP contribution in [0.5, 0.6) is 5.75 Å². The number of rotatable bonds is 7. The van der Waals surface area contributed by atoms with E-state index in [4.69, 9.17) is 4.74 Å². The Labute approximate surface area is 179 Å². The van der Waals surface area contributed by atoms with Gasteiger partial charge in [0.1, 0.15) is 11.9 Å². The third kappa shape index (κ3) is 5.92. The lowest BCUT2D eigenvalue weighted by Crippen LogP contribution is -2.40.